The van der Waals surface area contributed by atoms with Gasteiger partial charge in [0, 0.05) is 24.5 Å². The monoisotopic (exact) mass is 424 g/mol. The number of likely N-dealkylation sites (tertiary alicyclic amines) is 1. The van der Waals surface area contributed by atoms with Crippen LogP contribution in [0.4, 0.5) is 0 Å². The number of carbonyl (C=O) groups is 2. The molecule has 3 aromatic rings. The number of aromatic nitrogens is 1. The molecule has 0 bridgehead atoms. The minimum atomic E-state index is -0.133. The highest BCUT2D eigenvalue weighted by Crippen LogP contribution is 2.30. The summed E-state index contributed by atoms with van der Waals surface area (Å²) < 4.78 is 8.48. The summed E-state index contributed by atoms with van der Waals surface area (Å²) in [6, 6.07) is 14.6. The molecule has 6 heteroatoms. The number of nitrogens with zero attached hydrogens (tertiary/aromatic N) is 2. The maximum absolute atomic E-state index is 13.4. The summed E-state index contributed by atoms with van der Waals surface area (Å²) in [4.78, 5) is 28.5. The van der Waals surface area contributed by atoms with Crippen molar-refractivity contribution in [2.75, 3.05) is 19.7 Å². The fourth-order valence-electron chi connectivity index (χ4n) is 4.21. The summed E-state index contributed by atoms with van der Waals surface area (Å²) in [5.74, 6) is -0.164. The third kappa shape index (κ3) is 4.29. The summed E-state index contributed by atoms with van der Waals surface area (Å²) in [5, 5.41) is 0. The zero-order valence-electron chi connectivity index (χ0n) is 17.6. The molecule has 1 aliphatic heterocycles. The Morgan fingerprint density at radius 3 is 2.57 bits per heavy atom. The van der Waals surface area contributed by atoms with Crippen molar-refractivity contribution in [2.24, 2.45) is 5.92 Å². The number of benzene rings is 1. The van der Waals surface area contributed by atoms with Crippen LogP contribution in [0.2, 0.25) is 0 Å². The number of hydrogen-bond donors (Lipinski definition) is 0. The topological polar surface area (TPSA) is 51.5 Å². The van der Waals surface area contributed by atoms with Gasteiger partial charge in [-0.05, 0) is 50.8 Å². The van der Waals surface area contributed by atoms with Crippen molar-refractivity contribution in [1.82, 2.24) is 9.47 Å². The van der Waals surface area contributed by atoms with Gasteiger partial charge in [0.2, 0.25) is 0 Å². The smallest absolute Gasteiger partial charge is 0.309 e. The van der Waals surface area contributed by atoms with Gasteiger partial charge in [0.1, 0.15) is 5.69 Å². The molecule has 1 aliphatic rings. The van der Waals surface area contributed by atoms with E-state index in [-0.39, 0.29) is 17.8 Å². The molecule has 0 unspecified atom stereocenters. The lowest BCUT2D eigenvalue weighted by Crippen LogP contribution is -2.41. The summed E-state index contributed by atoms with van der Waals surface area (Å²) in [5.41, 5.74) is 3.15. The molecule has 2 aromatic heterocycles. The van der Waals surface area contributed by atoms with Crippen molar-refractivity contribution in [3.63, 3.8) is 0 Å². The van der Waals surface area contributed by atoms with Gasteiger partial charge in [-0.15, -0.1) is 11.3 Å². The zero-order chi connectivity index (χ0) is 21.1. The zero-order valence-corrected chi connectivity index (χ0v) is 18.4. The largest absolute Gasteiger partial charge is 0.466 e. The van der Waals surface area contributed by atoms with Gasteiger partial charge < -0.3 is 14.2 Å². The van der Waals surface area contributed by atoms with E-state index < -0.39 is 0 Å². The first-order valence-corrected chi connectivity index (χ1v) is 11.5. The van der Waals surface area contributed by atoms with Gasteiger partial charge in [-0.1, -0.05) is 30.3 Å². The second-order valence-corrected chi connectivity index (χ2v) is 9.13. The van der Waals surface area contributed by atoms with E-state index in [9.17, 15) is 9.59 Å². The first-order valence-electron chi connectivity index (χ1n) is 10.7. The molecule has 1 fully saturated rings. The van der Waals surface area contributed by atoms with Crippen molar-refractivity contribution >= 4 is 33.4 Å². The maximum atomic E-state index is 13.4. The van der Waals surface area contributed by atoms with E-state index in [0.717, 1.165) is 28.9 Å². The Balaban J connectivity index is 1.52. The van der Waals surface area contributed by atoms with Crippen LogP contribution in [0, 0.1) is 12.8 Å². The fraction of sp³-hybridized carbons (Fsp3) is 0.417. The summed E-state index contributed by atoms with van der Waals surface area (Å²) in [6.45, 7) is 6.30. The van der Waals surface area contributed by atoms with Gasteiger partial charge in [-0.3, -0.25) is 9.59 Å². The number of piperidine rings is 1. The second-order valence-electron chi connectivity index (χ2n) is 7.84. The molecule has 4 rings (SSSR count). The molecular formula is C24H28N2O3S. The second kappa shape index (κ2) is 9.04. The molecule has 0 atom stereocenters. The molecule has 5 nitrogen and oxygen atoms in total. The molecule has 0 N–H and O–H groups in total. The lowest BCUT2D eigenvalue weighted by Gasteiger charge is -2.31. The van der Waals surface area contributed by atoms with E-state index in [4.69, 9.17) is 4.74 Å². The number of carbonyl (C=O) groups excluding carboxylic acids is 2. The lowest BCUT2D eigenvalue weighted by atomic mass is 9.97. The third-order valence-electron chi connectivity index (χ3n) is 5.80. The van der Waals surface area contributed by atoms with Crippen LogP contribution in [0.25, 0.3) is 10.2 Å². The number of rotatable bonds is 6. The molecule has 1 saturated heterocycles. The predicted molar refractivity (Wildman–Crippen MR) is 120 cm³/mol. The Hall–Kier alpha value is -2.60. The number of amides is 1. The van der Waals surface area contributed by atoms with Crippen LogP contribution in [-0.4, -0.2) is 41.0 Å². The van der Waals surface area contributed by atoms with Gasteiger partial charge in [-0.25, -0.2) is 0 Å². The van der Waals surface area contributed by atoms with Crippen molar-refractivity contribution < 1.29 is 14.3 Å². The molecule has 0 radical (unpaired) electrons. The molecular weight excluding hydrogens is 396 g/mol. The van der Waals surface area contributed by atoms with Crippen LogP contribution >= 0.6 is 11.3 Å². The van der Waals surface area contributed by atoms with Gasteiger partial charge in [-0.2, -0.15) is 0 Å². The standard InChI is InChI=1S/C24H28N2O3S/c1-3-29-24(28)19-10-12-25(13-11-19)23(27)21-16-22-20(15-17(2)30-22)26(21)14-9-18-7-5-4-6-8-18/h4-8,15-16,19H,3,9-14H2,1-2H3. The van der Waals surface area contributed by atoms with Gasteiger partial charge in [0.15, 0.2) is 0 Å². The van der Waals surface area contributed by atoms with E-state index in [1.54, 1.807) is 11.3 Å². The van der Waals surface area contributed by atoms with E-state index in [2.05, 4.69) is 41.8 Å². The Labute approximate surface area is 181 Å². The highest BCUT2D eigenvalue weighted by Gasteiger charge is 2.30. The average molecular weight is 425 g/mol. The van der Waals surface area contributed by atoms with Crippen LogP contribution < -0.4 is 0 Å². The van der Waals surface area contributed by atoms with E-state index in [1.165, 1.54) is 10.4 Å². The molecule has 30 heavy (non-hydrogen) atoms. The first kappa shape index (κ1) is 20.7. The minimum absolute atomic E-state index is 0.0615. The third-order valence-corrected chi connectivity index (χ3v) is 6.79. The van der Waals surface area contributed by atoms with Gasteiger partial charge in [0.05, 0.1) is 22.7 Å². The van der Waals surface area contributed by atoms with Crippen LogP contribution in [0.3, 0.4) is 0 Å². The molecule has 1 amide bonds. The van der Waals surface area contributed by atoms with Gasteiger partial charge >= 0.3 is 5.97 Å². The maximum Gasteiger partial charge on any atom is 0.309 e. The number of thiophene rings is 1. The molecule has 158 valence electrons. The lowest BCUT2D eigenvalue weighted by molar-refractivity contribution is -0.149. The molecule has 3 heterocycles. The first-order chi connectivity index (χ1) is 14.6. The van der Waals surface area contributed by atoms with Crippen LogP contribution in [0.5, 0.6) is 0 Å². The Kier molecular flexibility index (Phi) is 6.23. The molecule has 1 aromatic carbocycles. The van der Waals surface area contributed by atoms with Crippen LogP contribution in [-0.2, 0) is 22.5 Å². The Bertz CT molecular complexity index is 1030. The van der Waals surface area contributed by atoms with Crippen molar-refractivity contribution in [1.29, 1.82) is 0 Å². The van der Waals surface area contributed by atoms with E-state index in [1.807, 2.05) is 24.0 Å². The number of esters is 1. The van der Waals surface area contributed by atoms with E-state index >= 15 is 0 Å². The Morgan fingerprint density at radius 2 is 1.87 bits per heavy atom. The number of fused-ring (bicyclic) bond motifs is 1. The SMILES string of the molecule is CCOC(=O)C1CCN(C(=O)c2cc3sc(C)cc3n2CCc2ccccc2)CC1. The Morgan fingerprint density at radius 1 is 1.13 bits per heavy atom. The molecule has 0 aliphatic carbocycles. The van der Waals surface area contributed by atoms with Crippen molar-refractivity contribution in [3.8, 4) is 0 Å². The summed E-state index contributed by atoms with van der Waals surface area (Å²) >= 11 is 1.73. The highest BCUT2D eigenvalue weighted by atomic mass is 32.1. The number of hydrogen-bond acceptors (Lipinski definition) is 4. The normalized spacial score (nSPS) is 14.9. The van der Waals surface area contributed by atoms with Crippen LogP contribution in [0.1, 0.15) is 40.7 Å². The fourth-order valence-corrected chi connectivity index (χ4v) is 5.17. The summed E-state index contributed by atoms with van der Waals surface area (Å²) in [6.07, 6.45) is 2.22. The minimum Gasteiger partial charge on any atom is -0.466 e. The van der Waals surface area contributed by atoms with Crippen molar-refractivity contribution in [2.45, 2.75) is 39.7 Å². The van der Waals surface area contributed by atoms with E-state index in [0.29, 0.717) is 32.5 Å². The molecule has 0 saturated carbocycles. The number of aryl methyl sites for hydroxylation is 3. The highest BCUT2D eigenvalue weighted by molar-refractivity contribution is 7.19. The molecule has 0 spiro atoms. The average Bonchev–Trinajstić information content (AvgIpc) is 3.29. The number of ether oxygens (including phenoxy) is 1. The predicted octanol–water partition coefficient (Wildman–Crippen LogP) is 4.67. The van der Waals surface area contributed by atoms with Gasteiger partial charge in [0.25, 0.3) is 5.91 Å². The van der Waals surface area contributed by atoms with Crippen LogP contribution in [0.15, 0.2) is 42.5 Å². The summed E-state index contributed by atoms with van der Waals surface area (Å²) in [7, 11) is 0. The quantitative estimate of drug-likeness (QED) is 0.541. The van der Waals surface area contributed by atoms with Crippen molar-refractivity contribution in [3.05, 3.63) is 58.6 Å².